The van der Waals surface area contributed by atoms with Gasteiger partial charge in [0.05, 0.1) is 23.0 Å². The number of aliphatic imine (C=N–C) groups is 1. The zero-order chi connectivity index (χ0) is 20.3. The van der Waals surface area contributed by atoms with Gasteiger partial charge in [-0.25, -0.2) is 9.97 Å². The zero-order valence-electron chi connectivity index (χ0n) is 17.0. The van der Waals surface area contributed by atoms with Crippen molar-refractivity contribution in [3.05, 3.63) is 77.1 Å². The summed E-state index contributed by atoms with van der Waals surface area (Å²) in [5.41, 5.74) is 6.36. The van der Waals surface area contributed by atoms with Crippen molar-refractivity contribution >= 4 is 5.71 Å². The zero-order valence-corrected chi connectivity index (χ0v) is 17.0. The van der Waals surface area contributed by atoms with Crippen molar-refractivity contribution in [2.24, 2.45) is 4.99 Å². The average molecular weight is 396 g/mol. The number of fused-ring (bicyclic) bond motifs is 1. The Morgan fingerprint density at radius 2 is 2.07 bits per heavy atom. The van der Waals surface area contributed by atoms with E-state index in [-0.39, 0.29) is 0 Å². The van der Waals surface area contributed by atoms with Gasteiger partial charge in [0.15, 0.2) is 5.82 Å². The quantitative estimate of drug-likeness (QED) is 0.675. The molecule has 2 aliphatic rings. The number of rotatable bonds is 4. The van der Waals surface area contributed by atoms with Crippen LogP contribution >= 0.6 is 0 Å². The Morgan fingerprint density at radius 3 is 2.93 bits per heavy atom. The first-order chi connectivity index (χ1) is 14.8. The Kier molecular flexibility index (Phi) is 5.12. The molecule has 0 bridgehead atoms. The predicted molar refractivity (Wildman–Crippen MR) is 116 cm³/mol. The van der Waals surface area contributed by atoms with Crippen LogP contribution in [0.15, 0.2) is 53.8 Å². The fraction of sp³-hybridized carbons (Fsp3) is 0.333. The van der Waals surface area contributed by atoms with Gasteiger partial charge in [-0.3, -0.25) is 9.89 Å². The van der Waals surface area contributed by atoms with Crippen LogP contribution < -0.4 is 0 Å². The van der Waals surface area contributed by atoms with E-state index in [2.05, 4.69) is 43.8 Å². The van der Waals surface area contributed by atoms with Crippen molar-refractivity contribution in [2.75, 3.05) is 13.1 Å². The maximum absolute atomic E-state index is 9.20. The summed E-state index contributed by atoms with van der Waals surface area (Å²) in [7, 11) is 0. The third-order valence-electron chi connectivity index (χ3n) is 5.87. The molecule has 2 aliphatic heterocycles. The van der Waals surface area contributed by atoms with E-state index in [1.165, 1.54) is 29.8 Å². The van der Waals surface area contributed by atoms with Crippen molar-refractivity contribution in [1.29, 1.82) is 5.26 Å². The summed E-state index contributed by atoms with van der Waals surface area (Å²) in [6.45, 7) is 3.57. The minimum atomic E-state index is 0.676. The number of hydrogen-bond acceptors (Lipinski definition) is 5. The molecule has 150 valence electrons. The molecule has 0 fully saturated rings. The van der Waals surface area contributed by atoms with E-state index in [0.29, 0.717) is 5.56 Å². The van der Waals surface area contributed by atoms with Crippen LogP contribution in [0.3, 0.4) is 0 Å². The van der Waals surface area contributed by atoms with Gasteiger partial charge in [-0.05, 0) is 49.6 Å². The second kappa shape index (κ2) is 8.21. The van der Waals surface area contributed by atoms with Gasteiger partial charge in [0.25, 0.3) is 0 Å². The molecule has 4 heterocycles. The summed E-state index contributed by atoms with van der Waals surface area (Å²) in [6, 6.07) is 14.2. The lowest BCUT2D eigenvalue weighted by atomic mass is 10.1. The Labute approximate surface area is 176 Å². The third-order valence-corrected chi connectivity index (χ3v) is 5.87. The molecule has 5 rings (SSSR count). The molecule has 0 atom stereocenters. The monoisotopic (exact) mass is 396 g/mol. The molecule has 6 heteroatoms. The molecule has 30 heavy (non-hydrogen) atoms. The molecule has 0 spiro atoms. The highest BCUT2D eigenvalue weighted by atomic mass is 15.2. The number of benzene rings is 1. The molecule has 0 radical (unpaired) electrons. The van der Waals surface area contributed by atoms with E-state index in [1.807, 2.05) is 30.5 Å². The largest absolute Gasteiger partial charge is 0.320 e. The van der Waals surface area contributed by atoms with Gasteiger partial charge in [-0.15, -0.1) is 0 Å². The SMILES string of the molecule is N#Cc1cccc(-n2cccc2CN2CCc3nc(C4=NCCCC4)ncc3C2)c1. The highest BCUT2D eigenvalue weighted by Crippen LogP contribution is 2.22. The van der Waals surface area contributed by atoms with Crippen LogP contribution in [0.4, 0.5) is 0 Å². The van der Waals surface area contributed by atoms with Crippen LogP contribution in [-0.4, -0.2) is 38.2 Å². The topological polar surface area (TPSA) is 70.1 Å². The maximum atomic E-state index is 9.20. The lowest BCUT2D eigenvalue weighted by molar-refractivity contribution is 0.239. The third kappa shape index (κ3) is 3.77. The summed E-state index contributed by atoms with van der Waals surface area (Å²) in [5, 5.41) is 9.20. The second-order valence-electron chi connectivity index (χ2n) is 7.94. The highest BCUT2D eigenvalue weighted by Gasteiger charge is 2.21. The van der Waals surface area contributed by atoms with E-state index in [4.69, 9.17) is 4.98 Å². The first kappa shape index (κ1) is 18.7. The lowest BCUT2D eigenvalue weighted by Gasteiger charge is -2.28. The Bertz CT molecular complexity index is 1140. The molecule has 1 aromatic carbocycles. The van der Waals surface area contributed by atoms with Crippen LogP contribution in [0.2, 0.25) is 0 Å². The molecule has 3 aromatic rings. The Morgan fingerprint density at radius 1 is 1.10 bits per heavy atom. The van der Waals surface area contributed by atoms with Crippen LogP contribution in [-0.2, 0) is 19.5 Å². The smallest absolute Gasteiger partial charge is 0.173 e. The fourth-order valence-corrected chi connectivity index (χ4v) is 4.28. The first-order valence-electron chi connectivity index (χ1n) is 10.6. The Balaban J connectivity index is 1.32. The number of aromatic nitrogens is 3. The summed E-state index contributed by atoms with van der Waals surface area (Å²) in [5.74, 6) is 0.827. The molecule has 0 unspecified atom stereocenters. The van der Waals surface area contributed by atoms with Gasteiger partial charge in [-0.1, -0.05) is 6.07 Å². The van der Waals surface area contributed by atoms with Crippen molar-refractivity contribution < 1.29 is 0 Å². The van der Waals surface area contributed by atoms with Crippen molar-refractivity contribution in [1.82, 2.24) is 19.4 Å². The Hall–Kier alpha value is -3.30. The van der Waals surface area contributed by atoms with E-state index < -0.39 is 0 Å². The van der Waals surface area contributed by atoms with Crippen molar-refractivity contribution in [3.8, 4) is 11.8 Å². The highest BCUT2D eigenvalue weighted by molar-refractivity contribution is 5.97. The van der Waals surface area contributed by atoms with Crippen molar-refractivity contribution in [2.45, 2.75) is 38.8 Å². The van der Waals surface area contributed by atoms with Gasteiger partial charge in [0.2, 0.25) is 0 Å². The standard InChI is InChI=1S/C24H24N6/c25-14-18-5-3-6-20(13-18)30-11-4-7-21(30)17-29-12-9-22-19(16-29)15-27-24(28-22)23-8-1-2-10-26-23/h3-7,11,13,15H,1-2,8-10,12,16-17H2. The molecular formula is C24H24N6. The first-order valence-corrected chi connectivity index (χ1v) is 10.6. The van der Waals surface area contributed by atoms with Gasteiger partial charge in [0.1, 0.15) is 0 Å². The molecule has 0 saturated carbocycles. The lowest BCUT2D eigenvalue weighted by Crippen LogP contribution is -2.32. The van der Waals surface area contributed by atoms with Crippen molar-refractivity contribution in [3.63, 3.8) is 0 Å². The summed E-state index contributed by atoms with van der Waals surface area (Å²) >= 11 is 0. The predicted octanol–water partition coefficient (Wildman–Crippen LogP) is 3.67. The van der Waals surface area contributed by atoms with Crippen LogP contribution in [0.5, 0.6) is 0 Å². The molecular weight excluding hydrogens is 372 g/mol. The summed E-state index contributed by atoms with van der Waals surface area (Å²) < 4.78 is 2.16. The molecule has 2 aromatic heterocycles. The second-order valence-corrected chi connectivity index (χ2v) is 7.94. The average Bonchev–Trinajstić information content (AvgIpc) is 3.27. The van der Waals surface area contributed by atoms with E-state index in [1.54, 1.807) is 0 Å². The van der Waals surface area contributed by atoms with Gasteiger partial charge < -0.3 is 4.57 Å². The van der Waals surface area contributed by atoms with E-state index in [0.717, 1.165) is 56.2 Å². The van der Waals surface area contributed by atoms with Crippen LogP contribution in [0.1, 0.15) is 47.6 Å². The molecule has 0 N–H and O–H groups in total. The van der Waals surface area contributed by atoms with Gasteiger partial charge in [-0.2, -0.15) is 5.26 Å². The number of hydrogen-bond donors (Lipinski definition) is 0. The fourth-order valence-electron chi connectivity index (χ4n) is 4.28. The molecule has 0 amide bonds. The number of nitrogens with zero attached hydrogens (tertiary/aromatic N) is 6. The normalized spacial score (nSPS) is 16.6. The summed E-state index contributed by atoms with van der Waals surface area (Å²) in [4.78, 5) is 16.5. The van der Waals surface area contributed by atoms with E-state index in [9.17, 15) is 5.26 Å². The molecule has 0 saturated heterocycles. The van der Waals surface area contributed by atoms with Gasteiger partial charge in [0, 0.05) is 61.9 Å². The minimum Gasteiger partial charge on any atom is -0.320 e. The number of nitriles is 1. The van der Waals surface area contributed by atoms with E-state index >= 15 is 0 Å². The maximum Gasteiger partial charge on any atom is 0.173 e. The summed E-state index contributed by atoms with van der Waals surface area (Å²) in [6.07, 6.45) is 8.34. The van der Waals surface area contributed by atoms with Gasteiger partial charge >= 0.3 is 0 Å². The minimum absolute atomic E-state index is 0.676. The molecule has 6 nitrogen and oxygen atoms in total. The van der Waals surface area contributed by atoms with Crippen LogP contribution in [0.25, 0.3) is 5.69 Å². The van der Waals surface area contributed by atoms with Crippen LogP contribution in [0, 0.1) is 11.3 Å². The molecule has 0 aliphatic carbocycles.